The molecule has 6 nitrogen and oxygen atoms in total. The highest BCUT2D eigenvalue weighted by atomic mass is 19.1. The third-order valence-corrected chi connectivity index (χ3v) is 7.51. The van der Waals surface area contributed by atoms with Gasteiger partial charge in [-0.15, -0.1) is 0 Å². The molecule has 4 aromatic rings. The van der Waals surface area contributed by atoms with Crippen molar-refractivity contribution in [3.63, 3.8) is 0 Å². The second kappa shape index (κ2) is 11.3. The molecule has 1 fully saturated rings. The van der Waals surface area contributed by atoms with Gasteiger partial charge in [0.15, 0.2) is 11.5 Å². The summed E-state index contributed by atoms with van der Waals surface area (Å²) in [5.74, 6) is 0.337. The van der Waals surface area contributed by atoms with Crippen LogP contribution in [0.4, 0.5) is 15.8 Å². The van der Waals surface area contributed by atoms with Crippen LogP contribution in [-0.4, -0.2) is 42.9 Å². The Morgan fingerprint density at radius 1 is 0.854 bits per heavy atom. The number of para-hydroxylation sites is 2. The van der Waals surface area contributed by atoms with Crippen LogP contribution in [0.1, 0.15) is 27.0 Å². The molecule has 0 atom stereocenters. The maximum atomic E-state index is 13.5. The minimum Gasteiger partial charge on any atom is -0.449 e. The number of benzene rings is 4. The molecule has 0 aliphatic carbocycles. The fourth-order valence-corrected chi connectivity index (χ4v) is 5.17. The van der Waals surface area contributed by atoms with Crippen molar-refractivity contribution >= 4 is 29.3 Å². The first-order valence-electron chi connectivity index (χ1n) is 13.7. The Labute approximate surface area is 238 Å². The van der Waals surface area contributed by atoms with Gasteiger partial charge in [-0.2, -0.15) is 0 Å². The molecular weight excluding hydrogens is 517 g/mol. The van der Waals surface area contributed by atoms with E-state index >= 15 is 0 Å². The molecule has 2 aliphatic heterocycles. The van der Waals surface area contributed by atoms with Crippen LogP contribution in [0, 0.1) is 12.7 Å². The number of aryl methyl sites for hydroxylation is 1. The molecule has 2 aliphatic rings. The minimum absolute atomic E-state index is 0.0360. The Morgan fingerprint density at radius 2 is 1.54 bits per heavy atom. The lowest BCUT2D eigenvalue weighted by molar-refractivity contribution is -0.117. The van der Waals surface area contributed by atoms with Crippen LogP contribution < -0.4 is 14.5 Å². The molecule has 2 amide bonds. The fraction of sp³-hybridized carbons (Fsp3) is 0.176. The highest BCUT2D eigenvalue weighted by Gasteiger charge is 2.30. The van der Waals surface area contributed by atoms with Crippen molar-refractivity contribution in [3.8, 4) is 5.75 Å². The van der Waals surface area contributed by atoms with Gasteiger partial charge in [0.25, 0.3) is 11.8 Å². The number of hydrogen-bond donors (Lipinski definition) is 0. The summed E-state index contributed by atoms with van der Waals surface area (Å²) in [4.78, 5) is 32.4. The van der Waals surface area contributed by atoms with E-state index in [1.165, 1.54) is 12.1 Å². The van der Waals surface area contributed by atoms with Gasteiger partial charge in [0.2, 0.25) is 0 Å². The van der Waals surface area contributed by atoms with Crippen LogP contribution in [0.2, 0.25) is 0 Å². The Kier molecular flexibility index (Phi) is 7.25. The standard InChI is InChI=1S/C34H30FN3O3/c1-24-6-8-26(9-7-24)23-38-30-4-2-3-5-31(30)41-32(34(38)40)22-25-10-12-27(13-11-25)33(39)37-20-18-36(19-21-37)29-16-14-28(35)15-17-29/h2-17,22H,18-21,23H2,1H3. The maximum Gasteiger partial charge on any atom is 0.294 e. The van der Waals surface area contributed by atoms with Gasteiger partial charge in [-0.3, -0.25) is 14.5 Å². The van der Waals surface area contributed by atoms with Gasteiger partial charge in [-0.1, -0.05) is 54.1 Å². The number of carbonyl (C=O) groups excluding carboxylic acids is 2. The van der Waals surface area contributed by atoms with Crippen molar-refractivity contribution in [2.24, 2.45) is 0 Å². The lowest BCUT2D eigenvalue weighted by Crippen LogP contribution is -2.48. The smallest absolute Gasteiger partial charge is 0.294 e. The Bertz CT molecular complexity index is 1590. The van der Waals surface area contributed by atoms with Crippen molar-refractivity contribution in [2.45, 2.75) is 13.5 Å². The zero-order chi connectivity index (χ0) is 28.3. The Balaban J connectivity index is 1.15. The number of halogens is 1. The van der Waals surface area contributed by atoms with Gasteiger partial charge in [-0.05, 0) is 72.7 Å². The number of carbonyl (C=O) groups is 2. The van der Waals surface area contributed by atoms with E-state index in [0.29, 0.717) is 44.0 Å². The topological polar surface area (TPSA) is 53.1 Å². The van der Waals surface area contributed by atoms with E-state index in [-0.39, 0.29) is 23.4 Å². The summed E-state index contributed by atoms with van der Waals surface area (Å²) < 4.78 is 19.3. The monoisotopic (exact) mass is 547 g/mol. The lowest BCUT2D eigenvalue weighted by Gasteiger charge is -2.36. The normalized spacial score (nSPS) is 16.0. The summed E-state index contributed by atoms with van der Waals surface area (Å²) in [5.41, 5.74) is 5.23. The van der Waals surface area contributed by atoms with E-state index < -0.39 is 0 Å². The molecule has 0 N–H and O–H groups in total. The highest BCUT2D eigenvalue weighted by Crippen LogP contribution is 2.36. The van der Waals surface area contributed by atoms with E-state index in [1.54, 1.807) is 35.2 Å². The molecule has 6 rings (SSSR count). The predicted molar refractivity (Wildman–Crippen MR) is 158 cm³/mol. The average molecular weight is 548 g/mol. The van der Waals surface area contributed by atoms with E-state index in [1.807, 2.05) is 72.5 Å². The number of hydrogen-bond acceptors (Lipinski definition) is 4. The molecule has 0 spiro atoms. The number of anilines is 2. The van der Waals surface area contributed by atoms with Crippen LogP contribution in [0.25, 0.3) is 6.08 Å². The number of ether oxygens (including phenoxy) is 1. The molecule has 41 heavy (non-hydrogen) atoms. The van der Waals surface area contributed by atoms with Crippen molar-refractivity contribution in [1.29, 1.82) is 0 Å². The van der Waals surface area contributed by atoms with Gasteiger partial charge < -0.3 is 14.5 Å². The van der Waals surface area contributed by atoms with Gasteiger partial charge in [0, 0.05) is 37.4 Å². The van der Waals surface area contributed by atoms with Gasteiger partial charge in [0.1, 0.15) is 5.82 Å². The van der Waals surface area contributed by atoms with Crippen molar-refractivity contribution in [3.05, 3.63) is 131 Å². The van der Waals surface area contributed by atoms with Gasteiger partial charge in [0.05, 0.1) is 12.2 Å². The molecule has 206 valence electrons. The van der Waals surface area contributed by atoms with Crippen LogP contribution >= 0.6 is 0 Å². The molecule has 2 heterocycles. The summed E-state index contributed by atoms with van der Waals surface area (Å²) in [5, 5.41) is 0. The highest BCUT2D eigenvalue weighted by molar-refractivity contribution is 6.09. The Morgan fingerprint density at radius 3 is 2.24 bits per heavy atom. The fourth-order valence-electron chi connectivity index (χ4n) is 5.17. The SMILES string of the molecule is Cc1ccc(CN2C(=O)C(=Cc3ccc(C(=O)N4CCN(c5ccc(F)cc5)CC4)cc3)Oc3ccccc32)cc1. The van der Waals surface area contributed by atoms with E-state index in [0.717, 1.165) is 28.1 Å². The lowest BCUT2D eigenvalue weighted by atomic mass is 10.1. The summed E-state index contributed by atoms with van der Waals surface area (Å²) in [7, 11) is 0. The number of nitrogens with zero attached hydrogens (tertiary/aromatic N) is 3. The molecule has 1 saturated heterocycles. The van der Waals surface area contributed by atoms with Gasteiger partial charge >= 0.3 is 0 Å². The van der Waals surface area contributed by atoms with Crippen molar-refractivity contribution < 1.29 is 18.7 Å². The largest absolute Gasteiger partial charge is 0.449 e. The van der Waals surface area contributed by atoms with Crippen LogP contribution in [0.5, 0.6) is 5.75 Å². The summed E-state index contributed by atoms with van der Waals surface area (Å²) in [6.07, 6.45) is 1.72. The quantitative estimate of drug-likeness (QED) is 0.285. The first-order valence-corrected chi connectivity index (χ1v) is 13.7. The first kappa shape index (κ1) is 26.3. The molecule has 0 radical (unpaired) electrons. The van der Waals surface area contributed by atoms with E-state index in [4.69, 9.17) is 4.74 Å². The number of rotatable bonds is 5. The number of fused-ring (bicyclic) bond motifs is 1. The van der Waals surface area contributed by atoms with Gasteiger partial charge in [-0.25, -0.2) is 4.39 Å². The van der Waals surface area contributed by atoms with Crippen molar-refractivity contribution in [1.82, 2.24) is 4.90 Å². The van der Waals surface area contributed by atoms with E-state index in [9.17, 15) is 14.0 Å². The summed E-state index contributed by atoms with van der Waals surface area (Å²) >= 11 is 0. The average Bonchev–Trinajstić information content (AvgIpc) is 3.01. The van der Waals surface area contributed by atoms with E-state index in [2.05, 4.69) is 4.90 Å². The molecule has 0 saturated carbocycles. The summed E-state index contributed by atoms with van der Waals surface area (Å²) in [6.45, 7) is 5.00. The molecule has 0 aromatic heterocycles. The minimum atomic E-state index is -0.259. The number of piperazine rings is 1. The molecule has 7 heteroatoms. The second-order valence-electron chi connectivity index (χ2n) is 10.3. The number of amides is 2. The maximum absolute atomic E-state index is 13.5. The molecule has 4 aromatic carbocycles. The third kappa shape index (κ3) is 5.70. The van der Waals surface area contributed by atoms with Crippen LogP contribution in [-0.2, 0) is 11.3 Å². The predicted octanol–water partition coefficient (Wildman–Crippen LogP) is 6.06. The first-order chi connectivity index (χ1) is 19.9. The second-order valence-corrected chi connectivity index (χ2v) is 10.3. The molecular formula is C34H30FN3O3. The van der Waals surface area contributed by atoms with Crippen LogP contribution in [0.3, 0.4) is 0 Å². The summed E-state index contributed by atoms with van der Waals surface area (Å²) in [6, 6.07) is 29.3. The zero-order valence-corrected chi connectivity index (χ0v) is 22.8. The zero-order valence-electron chi connectivity index (χ0n) is 22.8. The molecule has 0 unspecified atom stereocenters. The Hall–Kier alpha value is -4.91. The third-order valence-electron chi connectivity index (χ3n) is 7.51. The van der Waals surface area contributed by atoms with Crippen LogP contribution in [0.15, 0.2) is 103 Å². The molecule has 0 bridgehead atoms. The van der Waals surface area contributed by atoms with Crippen molar-refractivity contribution in [2.75, 3.05) is 36.0 Å².